The molecule has 0 fully saturated rings. The molecule has 78 valence electrons. The number of hydrogen-bond donors (Lipinski definition) is 0. The minimum atomic E-state index is -0.206. The van der Waals surface area contributed by atoms with Crippen LogP contribution in [0.3, 0.4) is 0 Å². The third-order valence-electron chi connectivity index (χ3n) is 2.48. The molecule has 2 rings (SSSR count). The van der Waals surface area contributed by atoms with Gasteiger partial charge in [-0.1, -0.05) is 12.1 Å². The summed E-state index contributed by atoms with van der Waals surface area (Å²) in [5, 5.41) is 4.24. The van der Waals surface area contributed by atoms with Gasteiger partial charge >= 0.3 is 0 Å². The summed E-state index contributed by atoms with van der Waals surface area (Å²) in [7, 11) is 0. The molecule has 1 heterocycles. The van der Waals surface area contributed by atoms with Crippen LogP contribution in [0.5, 0.6) is 0 Å². The molecule has 0 N–H and O–H groups in total. The molecule has 0 bridgehead atoms. The first-order valence-corrected chi connectivity index (χ1v) is 4.93. The van der Waals surface area contributed by atoms with Crippen molar-refractivity contribution in [2.75, 3.05) is 0 Å². The number of aryl methyl sites for hydroxylation is 1. The van der Waals surface area contributed by atoms with E-state index in [9.17, 15) is 4.39 Å². The van der Waals surface area contributed by atoms with Crippen molar-refractivity contribution in [3.05, 3.63) is 53.6 Å². The number of nitrogens with zero attached hydrogens (tertiary/aromatic N) is 2. The Hall–Kier alpha value is -1.64. The molecule has 2 aromatic rings. The minimum absolute atomic E-state index is 0.138. The molecule has 1 atom stereocenters. The molecule has 1 aromatic carbocycles. The van der Waals surface area contributed by atoms with Crippen molar-refractivity contribution in [2.24, 2.45) is 0 Å². The Bertz CT molecular complexity index is 445. The molecule has 15 heavy (non-hydrogen) atoms. The van der Waals surface area contributed by atoms with Crippen LogP contribution in [0.1, 0.15) is 24.1 Å². The first-order chi connectivity index (χ1) is 7.16. The highest BCUT2D eigenvalue weighted by molar-refractivity contribution is 5.20. The van der Waals surface area contributed by atoms with Gasteiger partial charge in [0.05, 0.1) is 12.2 Å². The molecule has 0 aliphatic carbocycles. The standard InChI is InChI=1S/C12H13FN2/c1-9-7-14-15(8-9)10(2)11-3-5-12(13)6-4-11/h3-8,10H,1-2H3. The van der Waals surface area contributed by atoms with Gasteiger partial charge in [-0.15, -0.1) is 0 Å². The van der Waals surface area contributed by atoms with E-state index < -0.39 is 0 Å². The van der Waals surface area contributed by atoms with Gasteiger partial charge < -0.3 is 0 Å². The SMILES string of the molecule is Cc1cnn(C(C)c2ccc(F)cc2)c1. The number of halogens is 1. The van der Waals surface area contributed by atoms with Crippen LogP contribution in [0.15, 0.2) is 36.7 Å². The third kappa shape index (κ3) is 2.06. The summed E-state index contributed by atoms with van der Waals surface area (Å²) in [5.41, 5.74) is 2.18. The summed E-state index contributed by atoms with van der Waals surface area (Å²) in [4.78, 5) is 0. The van der Waals surface area contributed by atoms with E-state index in [1.165, 1.54) is 12.1 Å². The normalized spacial score (nSPS) is 12.7. The molecule has 3 heteroatoms. The van der Waals surface area contributed by atoms with E-state index in [-0.39, 0.29) is 11.9 Å². The first-order valence-electron chi connectivity index (χ1n) is 4.93. The predicted octanol–water partition coefficient (Wildman–Crippen LogP) is 2.94. The largest absolute Gasteiger partial charge is 0.265 e. The lowest BCUT2D eigenvalue weighted by Crippen LogP contribution is -2.06. The Balaban J connectivity index is 2.28. The third-order valence-corrected chi connectivity index (χ3v) is 2.48. The number of hydrogen-bond acceptors (Lipinski definition) is 1. The molecule has 1 unspecified atom stereocenters. The van der Waals surface area contributed by atoms with E-state index in [1.807, 2.05) is 30.9 Å². The zero-order chi connectivity index (χ0) is 10.8. The second kappa shape index (κ2) is 3.85. The van der Waals surface area contributed by atoms with Crippen LogP contribution in [0.2, 0.25) is 0 Å². The van der Waals surface area contributed by atoms with Gasteiger partial charge in [-0.3, -0.25) is 4.68 Å². The average molecular weight is 204 g/mol. The Morgan fingerprint density at radius 3 is 2.47 bits per heavy atom. The van der Waals surface area contributed by atoms with E-state index >= 15 is 0 Å². The Labute approximate surface area is 88.4 Å². The van der Waals surface area contributed by atoms with Crippen LogP contribution in [0, 0.1) is 12.7 Å². The molecule has 2 nitrogen and oxygen atoms in total. The predicted molar refractivity (Wildman–Crippen MR) is 57.2 cm³/mol. The van der Waals surface area contributed by atoms with Crippen LogP contribution >= 0.6 is 0 Å². The fourth-order valence-electron chi connectivity index (χ4n) is 1.54. The van der Waals surface area contributed by atoms with E-state index in [2.05, 4.69) is 5.10 Å². The quantitative estimate of drug-likeness (QED) is 0.735. The Morgan fingerprint density at radius 1 is 1.27 bits per heavy atom. The highest BCUT2D eigenvalue weighted by atomic mass is 19.1. The average Bonchev–Trinajstić information content (AvgIpc) is 2.65. The van der Waals surface area contributed by atoms with Gasteiger partial charge in [0.2, 0.25) is 0 Å². The van der Waals surface area contributed by atoms with Gasteiger partial charge in [-0.2, -0.15) is 5.10 Å². The summed E-state index contributed by atoms with van der Waals surface area (Å²) >= 11 is 0. The maximum Gasteiger partial charge on any atom is 0.123 e. The van der Waals surface area contributed by atoms with E-state index in [0.29, 0.717) is 0 Å². The summed E-state index contributed by atoms with van der Waals surface area (Å²) in [5.74, 6) is -0.206. The van der Waals surface area contributed by atoms with Gasteiger partial charge in [0.1, 0.15) is 5.82 Å². The highest BCUT2D eigenvalue weighted by Gasteiger charge is 2.07. The number of rotatable bonds is 2. The molecule has 0 saturated carbocycles. The van der Waals surface area contributed by atoms with Crippen LogP contribution < -0.4 is 0 Å². The number of aromatic nitrogens is 2. The zero-order valence-corrected chi connectivity index (χ0v) is 8.81. The van der Waals surface area contributed by atoms with Crippen molar-refractivity contribution < 1.29 is 4.39 Å². The molecular weight excluding hydrogens is 191 g/mol. The van der Waals surface area contributed by atoms with Gasteiger partial charge in [0.25, 0.3) is 0 Å². The van der Waals surface area contributed by atoms with E-state index in [4.69, 9.17) is 0 Å². The lowest BCUT2D eigenvalue weighted by atomic mass is 10.1. The number of benzene rings is 1. The second-order valence-electron chi connectivity index (χ2n) is 3.73. The summed E-state index contributed by atoms with van der Waals surface area (Å²) in [6.45, 7) is 4.04. The van der Waals surface area contributed by atoms with Gasteiger partial charge in [-0.05, 0) is 37.1 Å². The molecule has 0 aliphatic rings. The summed E-state index contributed by atoms with van der Waals surface area (Å²) < 4.78 is 14.6. The van der Waals surface area contributed by atoms with Crippen molar-refractivity contribution in [1.29, 1.82) is 0 Å². The fraction of sp³-hybridized carbons (Fsp3) is 0.250. The molecule has 0 spiro atoms. The van der Waals surface area contributed by atoms with Crippen molar-refractivity contribution in [3.8, 4) is 0 Å². The molecule has 0 radical (unpaired) electrons. The lowest BCUT2D eigenvalue weighted by Gasteiger charge is -2.12. The van der Waals surface area contributed by atoms with Crippen molar-refractivity contribution in [3.63, 3.8) is 0 Å². The minimum Gasteiger partial charge on any atom is -0.265 e. The van der Waals surface area contributed by atoms with E-state index in [0.717, 1.165) is 11.1 Å². The van der Waals surface area contributed by atoms with E-state index in [1.54, 1.807) is 12.1 Å². The molecule has 1 aromatic heterocycles. The van der Waals surface area contributed by atoms with Crippen molar-refractivity contribution in [2.45, 2.75) is 19.9 Å². The van der Waals surface area contributed by atoms with Crippen molar-refractivity contribution in [1.82, 2.24) is 9.78 Å². The molecule has 0 amide bonds. The maximum atomic E-state index is 12.7. The van der Waals surface area contributed by atoms with Gasteiger partial charge in [0.15, 0.2) is 0 Å². The van der Waals surface area contributed by atoms with Crippen LogP contribution in [-0.4, -0.2) is 9.78 Å². The molecule has 0 saturated heterocycles. The summed E-state index contributed by atoms with van der Waals surface area (Å²) in [6.07, 6.45) is 3.80. The second-order valence-corrected chi connectivity index (χ2v) is 3.73. The fourth-order valence-corrected chi connectivity index (χ4v) is 1.54. The maximum absolute atomic E-state index is 12.7. The topological polar surface area (TPSA) is 17.8 Å². The lowest BCUT2D eigenvalue weighted by molar-refractivity contribution is 0.561. The van der Waals surface area contributed by atoms with Crippen LogP contribution in [-0.2, 0) is 0 Å². The Kier molecular flexibility index (Phi) is 2.54. The summed E-state index contributed by atoms with van der Waals surface area (Å²) in [6, 6.07) is 6.66. The van der Waals surface area contributed by atoms with Crippen molar-refractivity contribution >= 4 is 0 Å². The molecular formula is C12H13FN2. The smallest absolute Gasteiger partial charge is 0.123 e. The molecule has 0 aliphatic heterocycles. The van der Waals surface area contributed by atoms with Gasteiger partial charge in [0, 0.05) is 6.20 Å². The van der Waals surface area contributed by atoms with Crippen LogP contribution in [0.25, 0.3) is 0 Å². The first kappa shape index (κ1) is 9.90. The van der Waals surface area contributed by atoms with Crippen LogP contribution in [0.4, 0.5) is 4.39 Å². The van der Waals surface area contributed by atoms with Gasteiger partial charge in [-0.25, -0.2) is 4.39 Å². The highest BCUT2D eigenvalue weighted by Crippen LogP contribution is 2.17. The Morgan fingerprint density at radius 2 is 1.93 bits per heavy atom. The monoisotopic (exact) mass is 204 g/mol. The zero-order valence-electron chi connectivity index (χ0n) is 8.81.